The minimum Gasteiger partial charge on any atom is -0.493 e. The summed E-state index contributed by atoms with van der Waals surface area (Å²) in [6.45, 7) is 0.653. The standard InChI is InChI=1S/C24H28N4O4/c1-28-13-26-18-11-17(15-6-7-19(30-2)21(9-15)31-3)27-24(23(18)28)32-20(8-14-4-5-14)16-10-22(29)25-12-16/h6-7,9,11,13-14,16,20H,4-5,8,10,12H2,1-3H3,(H,25,29)/t16?,20-/m1/s1. The first kappa shape index (κ1) is 20.6. The van der Waals surface area contributed by atoms with E-state index in [0.717, 1.165) is 28.7 Å². The third kappa shape index (κ3) is 3.97. The molecule has 8 nitrogen and oxygen atoms in total. The maximum atomic E-state index is 11.9. The number of aromatic nitrogens is 3. The average molecular weight is 437 g/mol. The summed E-state index contributed by atoms with van der Waals surface area (Å²) in [4.78, 5) is 21.3. The first-order valence-corrected chi connectivity index (χ1v) is 11.0. The average Bonchev–Trinajstić information content (AvgIpc) is 3.39. The van der Waals surface area contributed by atoms with Crippen molar-refractivity contribution in [2.45, 2.75) is 31.8 Å². The Morgan fingerprint density at radius 1 is 1.19 bits per heavy atom. The third-order valence-corrected chi connectivity index (χ3v) is 6.40. The van der Waals surface area contributed by atoms with Crippen molar-refractivity contribution in [3.05, 3.63) is 30.6 Å². The van der Waals surface area contributed by atoms with Crippen molar-refractivity contribution >= 4 is 16.9 Å². The van der Waals surface area contributed by atoms with E-state index in [0.29, 0.717) is 36.3 Å². The normalized spacial score (nSPS) is 19.1. The summed E-state index contributed by atoms with van der Waals surface area (Å²) in [7, 11) is 5.17. The van der Waals surface area contributed by atoms with Gasteiger partial charge in [0.05, 0.1) is 31.8 Å². The van der Waals surface area contributed by atoms with Crippen molar-refractivity contribution in [2.24, 2.45) is 18.9 Å². The lowest BCUT2D eigenvalue weighted by molar-refractivity contribution is -0.119. The molecule has 3 aromatic rings. The Hall–Kier alpha value is -3.29. The molecule has 1 unspecified atom stereocenters. The Morgan fingerprint density at radius 3 is 2.69 bits per heavy atom. The van der Waals surface area contributed by atoms with Crippen molar-refractivity contribution in [1.29, 1.82) is 0 Å². The maximum absolute atomic E-state index is 11.9. The number of fused-ring (bicyclic) bond motifs is 1. The largest absolute Gasteiger partial charge is 0.493 e. The summed E-state index contributed by atoms with van der Waals surface area (Å²) >= 11 is 0. The molecule has 2 aliphatic rings. The molecule has 32 heavy (non-hydrogen) atoms. The highest BCUT2D eigenvalue weighted by atomic mass is 16.5. The molecule has 0 radical (unpaired) electrons. The number of nitrogens with one attached hydrogen (secondary N) is 1. The van der Waals surface area contributed by atoms with Gasteiger partial charge in [0.25, 0.3) is 0 Å². The Bertz CT molecular complexity index is 1150. The summed E-state index contributed by atoms with van der Waals surface area (Å²) in [5.74, 6) is 2.77. The van der Waals surface area contributed by atoms with E-state index in [2.05, 4.69) is 10.3 Å². The number of carbonyl (C=O) groups is 1. The molecular formula is C24H28N4O4. The van der Waals surface area contributed by atoms with Gasteiger partial charge in [0.15, 0.2) is 11.5 Å². The van der Waals surface area contributed by atoms with Crippen LogP contribution in [0.15, 0.2) is 30.6 Å². The van der Waals surface area contributed by atoms with Crippen LogP contribution in [0.4, 0.5) is 0 Å². The van der Waals surface area contributed by atoms with Crippen LogP contribution < -0.4 is 19.5 Å². The van der Waals surface area contributed by atoms with Crippen LogP contribution in [0.1, 0.15) is 25.7 Å². The van der Waals surface area contributed by atoms with Gasteiger partial charge in [-0.15, -0.1) is 0 Å². The molecule has 1 N–H and O–H groups in total. The molecule has 1 amide bonds. The van der Waals surface area contributed by atoms with Gasteiger partial charge in [0.1, 0.15) is 11.6 Å². The molecule has 2 fully saturated rings. The van der Waals surface area contributed by atoms with E-state index in [9.17, 15) is 4.79 Å². The number of aryl methyl sites for hydroxylation is 1. The molecule has 168 valence electrons. The predicted octanol–water partition coefficient (Wildman–Crippen LogP) is 3.34. The van der Waals surface area contributed by atoms with E-state index >= 15 is 0 Å². The first-order valence-electron chi connectivity index (χ1n) is 11.0. The summed E-state index contributed by atoms with van der Waals surface area (Å²) in [5.41, 5.74) is 3.30. The number of ether oxygens (including phenoxy) is 3. The van der Waals surface area contributed by atoms with Crippen LogP contribution >= 0.6 is 0 Å². The number of benzene rings is 1. The second kappa shape index (κ2) is 8.33. The second-order valence-corrected chi connectivity index (χ2v) is 8.71. The molecular weight excluding hydrogens is 408 g/mol. The number of rotatable bonds is 8. The van der Waals surface area contributed by atoms with E-state index in [1.165, 1.54) is 12.8 Å². The van der Waals surface area contributed by atoms with Gasteiger partial charge < -0.3 is 24.1 Å². The number of pyridine rings is 1. The monoisotopic (exact) mass is 436 g/mol. The van der Waals surface area contributed by atoms with Gasteiger partial charge in [-0.1, -0.05) is 12.8 Å². The fraction of sp³-hybridized carbons (Fsp3) is 0.458. The van der Waals surface area contributed by atoms with E-state index < -0.39 is 0 Å². The van der Waals surface area contributed by atoms with Gasteiger partial charge in [0, 0.05) is 31.5 Å². The topological polar surface area (TPSA) is 87.5 Å². The van der Waals surface area contributed by atoms with E-state index in [4.69, 9.17) is 19.2 Å². The molecule has 5 rings (SSSR count). The zero-order valence-corrected chi connectivity index (χ0v) is 18.6. The summed E-state index contributed by atoms with van der Waals surface area (Å²) in [5, 5.41) is 2.95. The summed E-state index contributed by atoms with van der Waals surface area (Å²) in [6, 6.07) is 7.68. The number of hydrogen-bond acceptors (Lipinski definition) is 6. The number of nitrogens with zero attached hydrogens (tertiary/aromatic N) is 3. The lowest BCUT2D eigenvalue weighted by Gasteiger charge is -2.24. The van der Waals surface area contributed by atoms with Crippen molar-refractivity contribution in [3.8, 4) is 28.6 Å². The van der Waals surface area contributed by atoms with Crippen LogP contribution in [0.5, 0.6) is 17.4 Å². The number of carbonyl (C=O) groups excluding carboxylic acids is 1. The highest BCUT2D eigenvalue weighted by Gasteiger charge is 2.36. The minimum atomic E-state index is -0.0623. The van der Waals surface area contributed by atoms with E-state index in [-0.39, 0.29) is 17.9 Å². The van der Waals surface area contributed by atoms with Crippen LogP contribution in [0, 0.1) is 11.8 Å². The highest BCUT2D eigenvalue weighted by molar-refractivity contribution is 5.85. The zero-order valence-electron chi connectivity index (χ0n) is 18.6. The van der Waals surface area contributed by atoms with Gasteiger partial charge in [-0.2, -0.15) is 0 Å². The second-order valence-electron chi connectivity index (χ2n) is 8.71. The molecule has 1 saturated carbocycles. The van der Waals surface area contributed by atoms with Crippen LogP contribution in [0.25, 0.3) is 22.3 Å². The third-order valence-electron chi connectivity index (χ3n) is 6.40. The molecule has 2 aromatic heterocycles. The van der Waals surface area contributed by atoms with E-state index in [1.54, 1.807) is 20.5 Å². The smallest absolute Gasteiger partial charge is 0.241 e. The molecule has 1 aliphatic carbocycles. The van der Waals surface area contributed by atoms with Crippen LogP contribution in [-0.2, 0) is 11.8 Å². The Balaban J connectivity index is 1.54. The Morgan fingerprint density at radius 2 is 2.00 bits per heavy atom. The lowest BCUT2D eigenvalue weighted by Crippen LogP contribution is -2.30. The number of methoxy groups -OCH3 is 2. The number of hydrogen-bond donors (Lipinski definition) is 1. The lowest BCUT2D eigenvalue weighted by atomic mass is 9.96. The van der Waals surface area contributed by atoms with Crippen LogP contribution in [0.2, 0.25) is 0 Å². The SMILES string of the molecule is COc1ccc(-c2cc3ncn(C)c3c(O[C@H](CC3CC3)C3CNC(=O)C3)n2)cc1OC. The first-order chi connectivity index (χ1) is 15.6. The van der Waals surface area contributed by atoms with Crippen molar-refractivity contribution in [1.82, 2.24) is 19.9 Å². The maximum Gasteiger partial charge on any atom is 0.241 e. The fourth-order valence-electron chi connectivity index (χ4n) is 4.42. The molecule has 0 spiro atoms. The molecule has 0 bridgehead atoms. The van der Waals surface area contributed by atoms with Gasteiger partial charge in [-0.3, -0.25) is 4.79 Å². The van der Waals surface area contributed by atoms with Crippen molar-refractivity contribution < 1.29 is 19.0 Å². The molecule has 2 atom stereocenters. The zero-order chi connectivity index (χ0) is 22.2. The Kier molecular flexibility index (Phi) is 5.36. The van der Waals surface area contributed by atoms with Crippen molar-refractivity contribution in [3.63, 3.8) is 0 Å². The van der Waals surface area contributed by atoms with Crippen LogP contribution in [-0.4, -0.2) is 47.3 Å². The summed E-state index contributed by atoms with van der Waals surface area (Å²) in [6.07, 6.45) is 5.62. The number of imidazole rings is 1. The van der Waals surface area contributed by atoms with Gasteiger partial charge in [-0.05, 0) is 36.6 Å². The number of amides is 1. The molecule has 8 heteroatoms. The molecule has 1 aromatic carbocycles. The van der Waals surface area contributed by atoms with Crippen molar-refractivity contribution in [2.75, 3.05) is 20.8 Å². The van der Waals surface area contributed by atoms with Crippen LogP contribution in [0.3, 0.4) is 0 Å². The quantitative estimate of drug-likeness (QED) is 0.583. The Labute approximate surface area is 186 Å². The molecule has 1 saturated heterocycles. The summed E-state index contributed by atoms with van der Waals surface area (Å²) < 4.78 is 19.4. The fourth-order valence-corrected chi connectivity index (χ4v) is 4.42. The minimum absolute atomic E-state index is 0.0623. The van der Waals surface area contributed by atoms with Gasteiger partial charge >= 0.3 is 0 Å². The molecule has 3 heterocycles. The predicted molar refractivity (Wildman–Crippen MR) is 120 cm³/mol. The molecule has 1 aliphatic heterocycles. The van der Waals surface area contributed by atoms with Gasteiger partial charge in [0.2, 0.25) is 11.8 Å². The highest BCUT2D eigenvalue weighted by Crippen LogP contribution is 2.39. The van der Waals surface area contributed by atoms with E-state index in [1.807, 2.05) is 35.9 Å². The van der Waals surface area contributed by atoms with Gasteiger partial charge in [-0.25, -0.2) is 9.97 Å².